The molecule has 0 saturated carbocycles. The summed E-state index contributed by atoms with van der Waals surface area (Å²) in [6, 6.07) is 0.556. The summed E-state index contributed by atoms with van der Waals surface area (Å²) in [5.41, 5.74) is 2.39. The van der Waals surface area contributed by atoms with E-state index in [1.807, 2.05) is 0 Å². The Kier molecular flexibility index (Phi) is 6.11. The molecule has 1 heterocycles. The normalized spacial score (nSPS) is 11.1. The van der Waals surface area contributed by atoms with Gasteiger partial charge in [-0.15, -0.1) is 0 Å². The number of hydrogen-bond acceptors (Lipinski definition) is 6. The number of nitrogens with one attached hydrogen (secondary N) is 2. The van der Waals surface area contributed by atoms with E-state index in [4.69, 9.17) is 17.4 Å². The van der Waals surface area contributed by atoms with Gasteiger partial charge in [0.15, 0.2) is 5.82 Å². The third-order valence-corrected chi connectivity index (χ3v) is 3.01. The number of halogens is 1. The highest BCUT2D eigenvalue weighted by Crippen LogP contribution is 2.18. The first-order valence-corrected chi connectivity index (χ1v) is 6.35. The van der Waals surface area contributed by atoms with E-state index < -0.39 is 0 Å². The molecule has 0 radical (unpaired) electrons. The third-order valence-electron chi connectivity index (χ3n) is 2.73. The van der Waals surface area contributed by atoms with Crippen molar-refractivity contribution in [3.8, 4) is 0 Å². The van der Waals surface area contributed by atoms with Gasteiger partial charge in [-0.2, -0.15) is 4.98 Å². The fraction of sp³-hybridized carbons (Fsp3) is 0.636. The van der Waals surface area contributed by atoms with Crippen molar-refractivity contribution in [2.45, 2.75) is 26.3 Å². The quantitative estimate of drug-likeness (QED) is 0.397. The molecule has 102 valence electrons. The Morgan fingerprint density at radius 2 is 2.22 bits per heavy atom. The highest BCUT2D eigenvalue weighted by molar-refractivity contribution is 6.32. The van der Waals surface area contributed by atoms with Crippen molar-refractivity contribution in [2.75, 3.05) is 30.9 Å². The minimum absolute atomic E-state index is 0.348. The Bertz CT molecular complexity index is 371. The second-order valence-corrected chi connectivity index (χ2v) is 4.80. The number of hydrazine groups is 1. The van der Waals surface area contributed by atoms with Gasteiger partial charge in [0.25, 0.3) is 0 Å². The summed E-state index contributed by atoms with van der Waals surface area (Å²) in [5.74, 6) is 6.20. The zero-order chi connectivity index (χ0) is 13.5. The van der Waals surface area contributed by atoms with Crippen LogP contribution in [0.5, 0.6) is 0 Å². The van der Waals surface area contributed by atoms with Gasteiger partial charge in [-0.05, 0) is 33.9 Å². The highest BCUT2D eigenvalue weighted by Gasteiger charge is 2.05. The molecule has 0 bridgehead atoms. The molecular formula is C11H21ClN6. The van der Waals surface area contributed by atoms with Crippen LogP contribution in [0.3, 0.4) is 0 Å². The fourth-order valence-corrected chi connectivity index (χ4v) is 1.51. The van der Waals surface area contributed by atoms with Crippen LogP contribution in [-0.4, -0.2) is 41.0 Å². The second kappa shape index (κ2) is 7.35. The fourth-order valence-electron chi connectivity index (χ4n) is 1.35. The molecule has 6 nitrogen and oxygen atoms in total. The van der Waals surface area contributed by atoms with Gasteiger partial charge in [0.05, 0.1) is 6.20 Å². The van der Waals surface area contributed by atoms with E-state index in [0.717, 1.165) is 19.5 Å². The minimum atomic E-state index is 0.348. The van der Waals surface area contributed by atoms with Crippen LogP contribution in [0.1, 0.15) is 20.3 Å². The monoisotopic (exact) mass is 272 g/mol. The van der Waals surface area contributed by atoms with Crippen molar-refractivity contribution < 1.29 is 0 Å². The molecule has 0 atom stereocenters. The van der Waals surface area contributed by atoms with Gasteiger partial charge in [-0.1, -0.05) is 11.6 Å². The van der Waals surface area contributed by atoms with Gasteiger partial charge in [-0.25, -0.2) is 10.8 Å². The molecule has 0 aliphatic rings. The van der Waals surface area contributed by atoms with Crippen LogP contribution in [0.4, 0.5) is 11.8 Å². The first-order chi connectivity index (χ1) is 8.54. The summed E-state index contributed by atoms with van der Waals surface area (Å²) in [4.78, 5) is 10.3. The molecule has 0 fully saturated rings. The van der Waals surface area contributed by atoms with Crippen molar-refractivity contribution in [3.63, 3.8) is 0 Å². The maximum atomic E-state index is 5.98. The molecule has 0 unspecified atom stereocenters. The number of hydrogen-bond donors (Lipinski definition) is 3. The van der Waals surface area contributed by atoms with Gasteiger partial charge in [0, 0.05) is 12.6 Å². The molecule has 18 heavy (non-hydrogen) atoms. The lowest BCUT2D eigenvalue weighted by Crippen LogP contribution is -2.28. The predicted molar refractivity (Wildman–Crippen MR) is 75.7 cm³/mol. The van der Waals surface area contributed by atoms with Crippen LogP contribution in [0.2, 0.25) is 5.02 Å². The maximum Gasteiger partial charge on any atom is 0.239 e. The van der Waals surface area contributed by atoms with E-state index in [-0.39, 0.29) is 0 Å². The summed E-state index contributed by atoms with van der Waals surface area (Å²) in [7, 11) is 2.11. The average Bonchev–Trinajstić information content (AvgIpc) is 2.36. The standard InChI is InChI=1S/C11H21ClN6/c1-8(2)18(3)6-4-5-14-10-9(12)7-15-11(16-10)17-13/h7-8H,4-6,13H2,1-3H3,(H2,14,15,16,17). The molecule has 0 amide bonds. The number of nitrogens with two attached hydrogens (primary N) is 1. The molecule has 1 aromatic rings. The summed E-state index contributed by atoms with van der Waals surface area (Å²) in [6.45, 7) is 6.18. The Morgan fingerprint density at radius 1 is 1.50 bits per heavy atom. The van der Waals surface area contributed by atoms with E-state index in [0.29, 0.717) is 22.8 Å². The third kappa shape index (κ3) is 4.64. The van der Waals surface area contributed by atoms with Gasteiger partial charge in [0.1, 0.15) is 5.02 Å². The largest absolute Gasteiger partial charge is 0.369 e. The van der Waals surface area contributed by atoms with E-state index in [1.165, 1.54) is 6.20 Å². The number of rotatable bonds is 7. The molecule has 0 saturated heterocycles. The molecular weight excluding hydrogens is 252 g/mol. The van der Waals surface area contributed by atoms with Crippen LogP contribution < -0.4 is 16.6 Å². The summed E-state index contributed by atoms with van der Waals surface area (Å²) >= 11 is 5.98. The first kappa shape index (κ1) is 14.9. The highest BCUT2D eigenvalue weighted by atomic mass is 35.5. The van der Waals surface area contributed by atoms with Crippen molar-refractivity contribution in [3.05, 3.63) is 11.2 Å². The van der Waals surface area contributed by atoms with Crippen LogP contribution in [0, 0.1) is 0 Å². The minimum Gasteiger partial charge on any atom is -0.369 e. The molecule has 4 N–H and O–H groups in total. The van der Waals surface area contributed by atoms with Crippen LogP contribution in [0.15, 0.2) is 6.20 Å². The molecule has 0 spiro atoms. The van der Waals surface area contributed by atoms with Crippen molar-refractivity contribution >= 4 is 23.4 Å². The number of anilines is 2. The van der Waals surface area contributed by atoms with E-state index in [1.54, 1.807) is 0 Å². The van der Waals surface area contributed by atoms with Gasteiger partial charge in [-0.3, -0.25) is 5.43 Å². The zero-order valence-electron chi connectivity index (χ0n) is 11.1. The van der Waals surface area contributed by atoms with E-state index in [2.05, 4.69) is 46.5 Å². The molecule has 0 aliphatic heterocycles. The number of aromatic nitrogens is 2. The van der Waals surface area contributed by atoms with Gasteiger partial charge in [0.2, 0.25) is 5.95 Å². The lowest BCUT2D eigenvalue weighted by Gasteiger charge is -2.20. The lowest BCUT2D eigenvalue weighted by atomic mass is 10.3. The predicted octanol–water partition coefficient (Wildman–Crippen LogP) is 1.56. The smallest absolute Gasteiger partial charge is 0.239 e. The SMILES string of the molecule is CC(C)N(C)CCCNc1nc(NN)ncc1Cl. The number of nitrogens with zero attached hydrogens (tertiary/aromatic N) is 3. The average molecular weight is 273 g/mol. The first-order valence-electron chi connectivity index (χ1n) is 5.98. The molecule has 0 aliphatic carbocycles. The Morgan fingerprint density at radius 3 is 2.83 bits per heavy atom. The lowest BCUT2D eigenvalue weighted by molar-refractivity contribution is 0.273. The van der Waals surface area contributed by atoms with Crippen molar-refractivity contribution in [1.29, 1.82) is 0 Å². The molecule has 7 heteroatoms. The van der Waals surface area contributed by atoms with Crippen LogP contribution >= 0.6 is 11.6 Å². The number of nitrogen functional groups attached to an aromatic ring is 1. The molecule has 1 aromatic heterocycles. The van der Waals surface area contributed by atoms with E-state index >= 15 is 0 Å². The summed E-state index contributed by atoms with van der Waals surface area (Å²) < 4.78 is 0. The molecule has 0 aromatic carbocycles. The Balaban J connectivity index is 2.39. The van der Waals surface area contributed by atoms with E-state index in [9.17, 15) is 0 Å². The van der Waals surface area contributed by atoms with Crippen molar-refractivity contribution in [2.24, 2.45) is 5.84 Å². The van der Waals surface area contributed by atoms with Gasteiger partial charge < -0.3 is 10.2 Å². The summed E-state index contributed by atoms with van der Waals surface area (Å²) in [6.07, 6.45) is 2.53. The Hall–Kier alpha value is -1.11. The second-order valence-electron chi connectivity index (χ2n) is 4.39. The Labute approximate surface area is 113 Å². The maximum absolute atomic E-state index is 5.98. The van der Waals surface area contributed by atoms with Crippen molar-refractivity contribution in [1.82, 2.24) is 14.9 Å². The van der Waals surface area contributed by atoms with Crippen LogP contribution in [-0.2, 0) is 0 Å². The topological polar surface area (TPSA) is 79.1 Å². The van der Waals surface area contributed by atoms with Crippen LogP contribution in [0.25, 0.3) is 0 Å². The molecule has 1 rings (SSSR count). The summed E-state index contributed by atoms with van der Waals surface area (Å²) in [5, 5.41) is 3.67. The van der Waals surface area contributed by atoms with Gasteiger partial charge >= 0.3 is 0 Å². The zero-order valence-corrected chi connectivity index (χ0v) is 11.8.